The first kappa shape index (κ1) is 23.7. The van der Waals surface area contributed by atoms with Crippen LogP contribution in [0.15, 0.2) is 59.8 Å². The first-order chi connectivity index (χ1) is 11.9. The smallest absolute Gasteiger partial charge is 0.0201 e. The molecule has 1 heteroatoms. The molecule has 0 radical (unpaired) electrons. The standard InChI is InChI=1S/C24H41N/c1-9-12-14-17-20(4)22(6)19-25(23(7)16-11-3)24(8)21(5)18-15-13-10-2/h9-10,12-15,17-18,21,23-24H,11,16,19H2,1-8H3/b12-9+,13-10-,17-14-,18-15-,22-20+. The molecule has 142 valence electrons. The van der Waals surface area contributed by atoms with Gasteiger partial charge in [-0.2, -0.15) is 0 Å². The predicted molar refractivity (Wildman–Crippen MR) is 116 cm³/mol. The minimum absolute atomic E-state index is 0.519. The van der Waals surface area contributed by atoms with Crippen LogP contribution in [0.2, 0.25) is 0 Å². The van der Waals surface area contributed by atoms with Gasteiger partial charge in [0.05, 0.1) is 0 Å². The maximum absolute atomic E-state index is 2.68. The minimum atomic E-state index is 0.519. The maximum Gasteiger partial charge on any atom is 0.0201 e. The van der Waals surface area contributed by atoms with Crippen molar-refractivity contribution in [1.82, 2.24) is 4.90 Å². The summed E-state index contributed by atoms with van der Waals surface area (Å²) >= 11 is 0. The van der Waals surface area contributed by atoms with E-state index in [1.165, 1.54) is 24.0 Å². The molecule has 0 heterocycles. The highest BCUT2D eigenvalue weighted by molar-refractivity contribution is 5.26. The molecule has 25 heavy (non-hydrogen) atoms. The van der Waals surface area contributed by atoms with E-state index in [0.717, 1.165) is 6.54 Å². The highest BCUT2D eigenvalue weighted by Crippen LogP contribution is 2.21. The van der Waals surface area contributed by atoms with Gasteiger partial charge in [0.15, 0.2) is 0 Å². The van der Waals surface area contributed by atoms with E-state index in [0.29, 0.717) is 18.0 Å². The van der Waals surface area contributed by atoms with Crippen LogP contribution in [0.4, 0.5) is 0 Å². The molecular formula is C24H41N. The lowest BCUT2D eigenvalue weighted by Crippen LogP contribution is -2.44. The summed E-state index contributed by atoms with van der Waals surface area (Å²) in [5.74, 6) is 0.530. The maximum atomic E-state index is 2.68. The third-order valence-electron chi connectivity index (χ3n) is 5.02. The van der Waals surface area contributed by atoms with Gasteiger partial charge in [-0.05, 0) is 53.9 Å². The average molecular weight is 344 g/mol. The van der Waals surface area contributed by atoms with Crippen LogP contribution in [0.25, 0.3) is 0 Å². The van der Waals surface area contributed by atoms with Crippen LogP contribution in [-0.4, -0.2) is 23.5 Å². The molecule has 0 fully saturated rings. The Bertz CT molecular complexity index is 490. The average Bonchev–Trinajstić information content (AvgIpc) is 2.59. The van der Waals surface area contributed by atoms with Gasteiger partial charge in [0.1, 0.15) is 0 Å². The Balaban J connectivity index is 5.31. The lowest BCUT2D eigenvalue weighted by Gasteiger charge is -2.37. The summed E-state index contributed by atoms with van der Waals surface area (Å²) < 4.78 is 0. The first-order valence-electron chi connectivity index (χ1n) is 9.89. The Hall–Kier alpha value is -1.34. The molecule has 3 unspecified atom stereocenters. The second-order valence-corrected chi connectivity index (χ2v) is 7.17. The second kappa shape index (κ2) is 13.9. The quantitative estimate of drug-likeness (QED) is 0.361. The predicted octanol–water partition coefficient (Wildman–Crippen LogP) is 7.10. The van der Waals surface area contributed by atoms with Crippen molar-refractivity contribution in [1.29, 1.82) is 0 Å². The Morgan fingerprint density at radius 1 is 0.920 bits per heavy atom. The van der Waals surface area contributed by atoms with Crippen molar-refractivity contribution >= 4 is 0 Å². The number of hydrogen-bond donors (Lipinski definition) is 0. The van der Waals surface area contributed by atoms with Crippen LogP contribution in [0, 0.1) is 5.92 Å². The van der Waals surface area contributed by atoms with Crippen molar-refractivity contribution in [2.24, 2.45) is 5.92 Å². The van der Waals surface area contributed by atoms with Crippen molar-refractivity contribution in [3.63, 3.8) is 0 Å². The molecule has 0 aliphatic heterocycles. The molecule has 0 aromatic rings. The molecule has 0 aromatic heterocycles. The number of hydrogen-bond acceptors (Lipinski definition) is 1. The molecule has 3 atom stereocenters. The zero-order valence-electron chi connectivity index (χ0n) is 17.9. The highest BCUT2D eigenvalue weighted by Gasteiger charge is 2.23. The fourth-order valence-corrected chi connectivity index (χ4v) is 2.95. The summed E-state index contributed by atoms with van der Waals surface area (Å²) in [6.07, 6.45) is 19.7. The van der Waals surface area contributed by atoms with E-state index in [-0.39, 0.29) is 0 Å². The molecule has 0 aromatic carbocycles. The largest absolute Gasteiger partial charge is 0.293 e. The molecule has 0 saturated heterocycles. The van der Waals surface area contributed by atoms with E-state index in [4.69, 9.17) is 0 Å². The van der Waals surface area contributed by atoms with Gasteiger partial charge in [-0.3, -0.25) is 4.90 Å². The van der Waals surface area contributed by atoms with Crippen molar-refractivity contribution in [2.45, 2.75) is 80.3 Å². The van der Waals surface area contributed by atoms with Gasteiger partial charge in [-0.15, -0.1) is 0 Å². The van der Waals surface area contributed by atoms with Crippen LogP contribution < -0.4 is 0 Å². The Morgan fingerprint density at radius 3 is 2.08 bits per heavy atom. The van der Waals surface area contributed by atoms with Crippen molar-refractivity contribution < 1.29 is 0 Å². The Kier molecular flexibility index (Phi) is 13.2. The third-order valence-corrected chi connectivity index (χ3v) is 5.02. The normalized spacial score (nSPS) is 18.0. The van der Waals surface area contributed by atoms with Crippen molar-refractivity contribution in [3.05, 3.63) is 59.8 Å². The third kappa shape index (κ3) is 9.65. The minimum Gasteiger partial charge on any atom is -0.293 e. The molecule has 0 amide bonds. The fraction of sp³-hybridized carbons (Fsp3) is 0.583. The SMILES string of the molecule is C/C=C\C=C/C(C)C(C)N(C/C(C)=C(C)/C=C\C=C\C)C(C)CCC. The van der Waals surface area contributed by atoms with Crippen LogP contribution in [0.1, 0.15) is 68.2 Å². The Morgan fingerprint density at radius 2 is 1.52 bits per heavy atom. The van der Waals surface area contributed by atoms with E-state index >= 15 is 0 Å². The fourth-order valence-electron chi connectivity index (χ4n) is 2.95. The summed E-state index contributed by atoms with van der Waals surface area (Å²) in [6, 6.07) is 1.12. The topological polar surface area (TPSA) is 3.24 Å². The van der Waals surface area contributed by atoms with Crippen LogP contribution >= 0.6 is 0 Å². The Labute approximate surface area is 157 Å². The summed E-state index contributed by atoms with van der Waals surface area (Å²) in [4.78, 5) is 2.68. The second-order valence-electron chi connectivity index (χ2n) is 7.17. The van der Waals surface area contributed by atoms with Gasteiger partial charge >= 0.3 is 0 Å². The molecule has 0 aliphatic rings. The first-order valence-corrected chi connectivity index (χ1v) is 9.89. The summed E-state index contributed by atoms with van der Waals surface area (Å²) in [5.41, 5.74) is 2.83. The van der Waals surface area contributed by atoms with Gasteiger partial charge in [-0.1, -0.05) is 80.0 Å². The zero-order chi connectivity index (χ0) is 19.2. The van der Waals surface area contributed by atoms with Gasteiger partial charge in [0.25, 0.3) is 0 Å². The van der Waals surface area contributed by atoms with Gasteiger partial charge < -0.3 is 0 Å². The van der Waals surface area contributed by atoms with E-state index in [1.54, 1.807) is 0 Å². The molecule has 0 aliphatic carbocycles. The monoisotopic (exact) mass is 343 g/mol. The van der Waals surface area contributed by atoms with Crippen LogP contribution in [0.5, 0.6) is 0 Å². The highest BCUT2D eigenvalue weighted by atomic mass is 15.2. The lowest BCUT2D eigenvalue weighted by atomic mass is 9.97. The van der Waals surface area contributed by atoms with Crippen molar-refractivity contribution in [3.8, 4) is 0 Å². The van der Waals surface area contributed by atoms with Gasteiger partial charge in [-0.25, -0.2) is 0 Å². The molecule has 0 N–H and O–H groups in total. The zero-order valence-corrected chi connectivity index (χ0v) is 17.9. The van der Waals surface area contributed by atoms with Crippen molar-refractivity contribution in [2.75, 3.05) is 6.54 Å². The molecule has 0 rings (SSSR count). The molecule has 0 saturated carbocycles. The molecule has 0 bridgehead atoms. The van der Waals surface area contributed by atoms with E-state index in [2.05, 4.69) is 109 Å². The van der Waals surface area contributed by atoms with Gasteiger partial charge in [0.2, 0.25) is 0 Å². The van der Waals surface area contributed by atoms with E-state index < -0.39 is 0 Å². The van der Waals surface area contributed by atoms with E-state index in [9.17, 15) is 0 Å². The lowest BCUT2D eigenvalue weighted by molar-refractivity contribution is 0.135. The van der Waals surface area contributed by atoms with Crippen LogP contribution in [-0.2, 0) is 0 Å². The molecular weight excluding hydrogens is 302 g/mol. The number of allylic oxidation sites excluding steroid dienone is 8. The summed E-state index contributed by atoms with van der Waals surface area (Å²) in [6.45, 7) is 19.0. The number of nitrogens with zero attached hydrogens (tertiary/aromatic N) is 1. The summed E-state index contributed by atoms with van der Waals surface area (Å²) in [7, 11) is 0. The molecule has 1 nitrogen and oxygen atoms in total. The van der Waals surface area contributed by atoms with Crippen LogP contribution in [0.3, 0.4) is 0 Å². The van der Waals surface area contributed by atoms with E-state index in [1.807, 2.05) is 0 Å². The van der Waals surface area contributed by atoms with Gasteiger partial charge in [0, 0.05) is 18.6 Å². The number of rotatable bonds is 11. The molecule has 0 spiro atoms. The summed E-state index contributed by atoms with van der Waals surface area (Å²) in [5, 5.41) is 0.